The number of nitrogens with one attached hydrogen (secondary N) is 2. The van der Waals surface area contributed by atoms with Gasteiger partial charge in [0.1, 0.15) is 0 Å². The van der Waals surface area contributed by atoms with E-state index in [1.54, 1.807) is 0 Å². The molecule has 3 heteroatoms. The van der Waals surface area contributed by atoms with E-state index in [1.165, 1.54) is 12.8 Å². The molecule has 1 aliphatic rings. The molecule has 0 aliphatic carbocycles. The molecule has 0 radical (unpaired) electrons. The van der Waals surface area contributed by atoms with E-state index in [4.69, 9.17) is 5.26 Å². The molecule has 3 nitrogen and oxygen atoms in total. The molecule has 1 saturated heterocycles. The molecular formula is C14H19N3. The van der Waals surface area contributed by atoms with Crippen LogP contribution in [0.25, 0.3) is 0 Å². The summed E-state index contributed by atoms with van der Waals surface area (Å²) in [7, 11) is 0. The third kappa shape index (κ3) is 3.21. The summed E-state index contributed by atoms with van der Waals surface area (Å²) in [5.41, 5.74) is 2.07. The molecule has 0 aromatic heterocycles. The molecule has 2 N–H and O–H groups in total. The predicted octanol–water partition coefficient (Wildman–Crippen LogP) is 2.36. The summed E-state index contributed by atoms with van der Waals surface area (Å²) >= 11 is 0. The number of anilines is 1. The molecule has 90 valence electrons. The van der Waals surface area contributed by atoms with Gasteiger partial charge in [-0.2, -0.15) is 5.26 Å². The van der Waals surface area contributed by atoms with Crippen LogP contribution < -0.4 is 10.6 Å². The number of nitriles is 1. The third-order valence-corrected chi connectivity index (χ3v) is 3.40. The SMILES string of the molecule is CC1(CNc2cccc(C#N)c2)CCCNC1. The molecule has 0 bridgehead atoms. The Kier molecular flexibility index (Phi) is 3.65. The van der Waals surface area contributed by atoms with Crippen molar-refractivity contribution in [2.75, 3.05) is 25.0 Å². The van der Waals surface area contributed by atoms with Gasteiger partial charge in [0.25, 0.3) is 0 Å². The Balaban J connectivity index is 1.95. The summed E-state index contributed by atoms with van der Waals surface area (Å²) in [6.45, 7) is 5.46. The van der Waals surface area contributed by atoms with Crippen LogP contribution >= 0.6 is 0 Å². The van der Waals surface area contributed by atoms with E-state index in [0.29, 0.717) is 11.0 Å². The second-order valence-corrected chi connectivity index (χ2v) is 5.14. The zero-order valence-corrected chi connectivity index (χ0v) is 10.3. The smallest absolute Gasteiger partial charge is 0.0992 e. The summed E-state index contributed by atoms with van der Waals surface area (Å²) in [6.07, 6.45) is 2.50. The highest BCUT2D eigenvalue weighted by Gasteiger charge is 2.26. The number of benzene rings is 1. The summed E-state index contributed by atoms with van der Waals surface area (Å²) in [5, 5.41) is 15.7. The molecule has 1 fully saturated rings. The molecule has 0 saturated carbocycles. The topological polar surface area (TPSA) is 47.9 Å². The first-order valence-corrected chi connectivity index (χ1v) is 6.17. The lowest BCUT2D eigenvalue weighted by molar-refractivity contribution is 0.253. The Morgan fingerprint density at radius 1 is 1.53 bits per heavy atom. The van der Waals surface area contributed by atoms with E-state index in [9.17, 15) is 0 Å². The highest BCUT2D eigenvalue weighted by molar-refractivity contribution is 5.49. The van der Waals surface area contributed by atoms with E-state index >= 15 is 0 Å². The van der Waals surface area contributed by atoms with Crippen LogP contribution in [-0.2, 0) is 0 Å². The molecule has 1 unspecified atom stereocenters. The van der Waals surface area contributed by atoms with Crippen molar-refractivity contribution >= 4 is 5.69 Å². The van der Waals surface area contributed by atoms with Crippen LogP contribution in [0, 0.1) is 16.7 Å². The fourth-order valence-corrected chi connectivity index (χ4v) is 2.28. The predicted molar refractivity (Wildman–Crippen MR) is 69.9 cm³/mol. The molecule has 1 aromatic carbocycles. The molecule has 0 amide bonds. The lowest BCUT2D eigenvalue weighted by atomic mass is 9.83. The minimum atomic E-state index is 0.320. The van der Waals surface area contributed by atoms with Crippen molar-refractivity contribution in [1.82, 2.24) is 5.32 Å². The number of nitrogens with zero attached hydrogens (tertiary/aromatic N) is 1. The Morgan fingerprint density at radius 3 is 3.12 bits per heavy atom. The highest BCUT2D eigenvalue weighted by atomic mass is 14.9. The standard InChI is InChI=1S/C14H19N3/c1-14(6-3-7-16-10-14)11-17-13-5-2-4-12(8-13)9-15/h2,4-5,8,16-17H,3,6-7,10-11H2,1H3. The van der Waals surface area contributed by atoms with Gasteiger partial charge in [0.05, 0.1) is 11.6 Å². The van der Waals surface area contributed by atoms with E-state index < -0.39 is 0 Å². The normalized spacial score (nSPS) is 24.0. The molecule has 1 atom stereocenters. The van der Waals surface area contributed by atoms with Gasteiger partial charge in [-0.25, -0.2) is 0 Å². The number of hydrogen-bond donors (Lipinski definition) is 2. The Bertz CT molecular complexity index is 414. The van der Waals surface area contributed by atoms with Gasteiger partial charge in [0.15, 0.2) is 0 Å². The largest absolute Gasteiger partial charge is 0.384 e. The Hall–Kier alpha value is -1.53. The molecule has 1 aliphatic heterocycles. The van der Waals surface area contributed by atoms with E-state index in [2.05, 4.69) is 23.6 Å². The van der Waals surface area contributed by atoms with E-state index in [1.807, 2.05) is 24.3 Å². The maximum absolute atomic E-state index is 8.84. The van der Waals surface area contributed by atoms with Gasteiger partial charge in [-0.3, -0.25) is 0 Å². The first-order valence-electron chi connectivity index (χ1n) is 6.17. The van der Waals surface area contributed by atoms with E-state index in [-0.39, 0.29) is 0 Å². The Morgan fingerprint density at radius 2 is 2.41 bits per heavy atom. The van der Waals surface area contributed by atoms with Crippen LogP contribution in [0.2, 0.25) is 0 Å². The molecule has 1 heterocycles. The zero-order chi connectivity index (χ0) is 12.1. The maximum Gasteiger partial charge on any atom is 0.0992 e. The summed E-state index contributed by atoms with van der Waals surface area (Å²) in [6, 6.07) is 9.83. The average Bonchev–Trinajstić information content (AvgIpc) is 2.38. The van der Waals surface area contributed by atoms with Gasteiger partial charge in [-0.05, 0) is 43.0 Å². The first-order chi connectivity index (χ1) is 8.22. The van der Waals surface area contributed by atoms with Crippen molar-refractivity contribution in [3.8, 4) is 6.07 Å². The molecule has 2 rings (SSSR count). The monoisotopic (exact) mass is 229 g/mol. The molecular weight excluding hydrogens is 210 g/mol. The van der Waals surface area contributed by atoms with Gasteiger partial charge in [-0.15, -0.1) is 0 Å². The van der Waals surface area contributed by atoms with Gasteiger partial charge in [-0.1, -0.05) is 13.0 Å². The average molecular weight is 229 g/mol. The van der Waals surface area contributed by atoms with Crippen LogP contribution in [0.5, 0.6) is 0 Å². The van der Waals surface area contributed by atoms with E-state index in [0.717, 1.165) is 25.3 Å². The number of hydrogen-bond acceptors (Lipinski definition) is 3. The van der Waals surface area contributed by atoms with Crippen LogP contribution in [0.4, 0.5) is 5.69 Å². The summed E-state index contributed by atoms with van der Waals surface area (Å²) in [5.74, 6) is 0. The van der Waals surface area contributed by atoms with Crippen LogP contribution in [-0.4, -0.2) is 19.6 Å². The highest BCUT2D eigenvalue weighted by Crippen LogP contribution is 2.25. The Labute approximate surface area is 103 Å². The van der Waals surface area contributed by atoms with Crippen molar-refractivity contribution in [1.29, 1.82) is 5.26 Å². The van der Waals surface area contributed by atoms with Crippen molar-refractivity contribution in [3.63, 3.8) is 0 Å². The first kappa shape index (κ1) is 11.9. The van der Waals surface area contributed by atoms with Gasteiger partial charge in [0.2, 0.25) is 0 Å². The molecule has 0 spiro atoms. The van der Waals surface area contributed by atoms with Crippen molar-refractivity contribution in [3.05, 3.63) is 29.8 Å². The van der Waals surface area contributed by atoms with Crippen molar-refractivity contribution < 1.29 is 0 Å². The van der Waals surface area contributed by atoms with Crippen LogP contribution in [0.15, 0.2) is 24.3 Å². The number of rotatable bonds is 3. The van der Waals surface area contributed by atoms with Gasteiger partial charge < -0.3 is 10.6 Å². The quantitative estimate of drug-likeness (QED) is 0.836. The number of piperidine rings is 1. The van der Waals surface area contributed by atoms with Gasteiger partial charge >= 0.3 is 0 Å². The summed E-state index contributed by atoms with van der Waals surface area (Å²) in [4.78, 5) is 0. The second kappa shape index (κ2) is 5.20. The lowest BCUT2D eigenvalue weighted by Gasteiger charge is -2.34. The summed E-state index contributed by atoms with van der Waals surface area (Å²) < 4.78 is 0. The van der Waals surface area contributed by atoms with Gasteiger partial charge in [0, 0.05) is 18.8 Å². The van der Waals surface area contributed by atoms with Crippen LogP contribution in [0.3, 0.4) is 0 Å². The molecule has 17 heavy (non-hydrogen) atoms. The maximum atomic E-state index is 8.84. The second-order valence-electron chi connectivity index (χ2n) is 5.14. The fraction of sp³-hybridized carbons (Fsp3) is 0.500. The lowest BCUT2D eigenvalue weighted by Crippen LogP contribution is -2.42. The van der Waals surface area contributed by atoms with Crippen molar-refractivity contribution in [2.45, 2.75) is 19.8 Å². The van der Waals surface area contributed by atoms with Crippen LogP contribution in [0.1, 0.15) is 25.3 Å². The minimum Gasteiger partial charge on any atom is -0.384 e. The molecule has 1 aromatic rings. The van der Waals surface area contributed by atoms with Crippen molar-refractivity contribution in [2.24, 2.45) is 5.41 Å². The third-order valence-electron chi connectivity index (χ3n) is 3.40. The fourth-order valence-electron chi connectivity index (χ4n) is 2.28. The minimum absolute atomic E-state index is 0.320. The zero-order valence-electron chi connectivity index (χ0n) is 10.3.